The molecule has 1 amide bonds. The van der Waals surface area contributed by atoms with Crippen LogP contribution in [0.4, 0.5) is 29.1 Å². The van der Waals surface area contributed by atoms with Gasteiger partial charge in [-0.15, -0.1) is 0 Å². The summed E-state index contributed by atoms with van der Waals surface area (Å²) in [6, 6.07) is 6.37. The van der Waals surface area contributed by atoms with Gasteiger partial charge >= 0.3 is 6.18 Å². The first-order valence-corrected chi connectivity index (χ1v) is 10.3. The number of fused-ring (bicyclic) bond motifs is 1. The molecule has 0 spiro atoms. The number of nitrogens with zero attached hydrogens (tertiary/aromatic N) is 4. The summed E-state index contributed by atoms with van der Waals surface area (Å²) < 4.78 is 61.9. The third kappa shape index (κ3) is 4.26. The van der Waals surface area contributed by atoms with E-state index in [2.05, 4.69) is 20.8 Å². The molecule has 1 aromatic carbocycles. The van der Waals surface area contributed by atoms with E-state index in [0.29, 0.717) is 18.0 Å². The Kier molecular flexibility index (Phi) is 5.34. The zero-order chi connectivity index (χ0) is 23.9. The Bertz CT molecular complexity index is 1290. The Balaban J connectivity index is 1.36. The molecule has 0 unspecified atom stereocenters. The van der Waals surface area contributed by atoms with E-state index >= 15 is 0 Å². The summed E-state index contributed by atoms with van der Waals surface area (Å²) in [4.78, 5) is 12.9. The maximum absolute atomic E-state index is 13.7. The van der Waals surface area contributed by atoms with Crippen LogP contribution in [0, 0.1) is 5.82 Å². The van der Waals surface area contributed by atoms with E-state index in [4.69, 9.17) is 4.42 Å². The molecule has 1 aliphatic rings. The standard InChI is InChI=1S/C22H18F4N6O2/c23-14-5-3-13(4-6-14)11-31-12-15(9-27-31)29-21(33)16-10-28-32-19(22(24,25)26)8-17(30-20(16)32)18-2-1-7-34-18/h1-7,9-10,12,17,19,30H,8,11H2,(H,29,33)/t17-,19+/m0/s1. The van der Waals surface area contributed by atoms with Crippen molar-refractivity contribution in [3.63, 3.8) is 0 Å². The van der Waals surface area contributed by atoms with Crippen LogP contribution in [0.1, 0.15) is 40.2 Å². The van der Waals surface area contributed by atoms with Crippen LogP contribution in [0.15, 0.2) is 65.7 Å². The predicted molar refractivity (Wildman–Crippen MR) is 113 cm³/mol. The molecule has 8 nitrogen and oxygen atoms in total. The lowest BCUT2D eigenvalue weighted by Gasteiger charge is -2.32. The van der Waals surface area contributed by atoms with Gasteiger partial charge in [0.2, 0.25) is 0 Å². The molecule has 5 rings (SSSR count). The highest BCUT2D eigenvalue weighted by Gasteiger charge is 2.47. The van der Waals surface area contributed by atoms with Crippen molar-refractivity contribution in [3.05, 3.63) is 84.0 Å². The lowest BCUT2D eigenvalue weighted by molar-refractivity contribution is -0.174. The maximum Gasteiger partial charge on any atom is 0.410 e. The number of anilines is 2. The lowest BCUT2D eigenvalue weighted by atomic mass is 10.0. The number of benzene rings is 1. The van der Waals surface area contributed by atoms with Crippen LogP contribution in [0.25, 0.3) is 0 Å². The van der Waals surface area contributed by atoms with Crippen molar-refractivity contribution >= 4 is 17.4 Å². The van der Waals surface area contributed by atoms with Crippen LogP contribution in [0.3, 0.4) is 0 Å². The number of halogens is 4. The van der Waals surface area contributed by atoms with Crippen molar-refractivity contribution in [2.24, 2.45) is 0 Å². The van der Waals surface area contributed by atoms with Gasteiger partial charge in [0.25, 0.3) is 5.91 Å². The van der Waals surface area contributed by atoms with Crippen LogP contribution < -0.4 is 10.6 Å². The van der Waals surface area contributed by atoms with Crippen molar-refractivity contribution < 1.29 is 26.8 Å². The fraction of sp³-hybridized carbons (Fsp3) is 0.227. The van der Waals surface area contributed by atoms with Crippen molar-refractivity contribution in [1.82, 2.24) is 19.6 Å². The fourth-order valence-electron chi connectivity index (χ4n) is 3.89. The van der Waals surface area contributed by atoms with E-state index in [9.17, 15) is 22.4 Å². The Hall–Kier alpha value is -4.09. The van der Waals surface area contributed by atoms with E-state index in [-0.39, 0.29) is 23.6 Å². The van der Waals surface area contributed by atoms with Gasteiger partial charge in [0.05, 0.1) is 36.9 Å². The second-order valence-electron chi connectivity index (χ2n) is 7.86. The SMILES string of the molecule is O=C(Nc1cnn(Cc2ccc(F)cc2)c1)c1cnn2c1N[C@H](c1ccco1)C[C@@H]2C(F)(F)F. The number of aromatic nitrogens is 4. The van der Waals surface area contributed by atoms with Gasteiger partial charge in [0, 0.05) is 12.6 Å². The zero-order valence-electron chi connectivity index (χ0n) is 17.5. The fourth-order valence-corrected chi connectivity index (χ4v) is 3.89. The van der Waals surface area contributed by atoms with E-state index in [0.717, 1.165) is 16.4 Å². The van der Waals surface area contributed by atoms with Crippen molar-refractivity contribution in [2.45, 2.75) is 31.2 Å². The Morgan fingerprint density at radius 3 is 2.68 bits per heavy atom. The minimum atomic E-state index is -4.57. The van der Waals surface area contributed by atoms with E-state index in [1.54, 1.807) is 35.1 Å². The number of hydrogen-bond acceptors (Lipinski definition) is 5. The molecule has 4 heterocycles. The molecular weight excluding hydrogens is 456 g/mol. The topological polar surface area (TPSA) is 89.9 Å². The number of rotatable bonds is 5. The summed E-state index contributed by atoms with van der Waals surface area (Å²) in [5, 5.41) is 13.6. The first-order chi connectivity index (χ1) is 16.3. The van der Waals surface area contributed by atoms with Crippen LogP contribution in [0.2, 0.25) is 0 Å². The highest BCUT2D eigenvalue weighted by Crippen LogP contribution is 2.44. The highest BCUT2D eigenvalue weighted by molar-refractivity contribution is 6.07. The van der Waals surface area contributed by atoms with Crippen molar-refractivity contribution in [2.75, 3.05) is 10.6 Å². The Morgan fingerprint density at radius 1 is 1.18 bits per heavy atom. The normalized spacial score (nSPS) is 17.8. The lowest BCUT2D eigenvalue weighted by Crippen LogP contribution is -2.36. The third-order valence-corrected chi connectivity index (χ3v) is 5.52. The summed E-state index contributed by atoms with van der Waals surface area (Å²) in [7, 11) is 0. The molecule has 34 heavy (non-hydrogen) atoms. The number of furan rings is 1. The molecule has 2 atom stereocenters. The molecule has 2 N–H and O–H groups in total. The maximum atomic E-state index is 13.7. The van der Waals surface area contributed by atoms with Gasteiger partial charge in [-0.2, -0.15) is 23.4 Å². The first-order valence-electron chi connectivity index (χ1n) is 10.3. The quantitative estimate of drug-likeness (QED) is 0.407. The molecule has 0 radical (unpaired) electrons. The summed E-state index contributed by atoms with van der Waals surface area (Å²) in [5.74, 6) is -0.713. The van der Waals surface area contributed by atoms with Crippen molar-refractivity contribution in [3.8, 4) is 0 Å². The summed E-state index contributed by atoms with van der Waals surface area (Å²) in [6.07, 6.45) is 0.558. The molecule has 1 aliphatic heterocycles. The molecule has 4 aromatic rings. The summed E-state index contributed by atoms with van der Waals surface area (Å²) in [6.45, 7) is 0.346. The molecule has 176 valence electrons. The van der Waals surface area contributed by atoms with Gasteiger partial charge < -0.3 is 15.1 Å². The van der Waals surface area contributed by atoms with Crippen LogP contribution in [0.5, 0.6) is 0 Å². The average molecular weight is 474 g/mol. The monoisotopic (exact) mass is 474 g/mol. The molecule has 0 bridgehead atoms. The van der Waals surface area contributed by atoms with E-state index in [1.165, 1.54) is 24.6 Å². The van der Waals surface area contributed by atoms with Gasteiger partial charge in [-0.25, -0.2) is 9.07 Å². The molecule has 12 heteroatoms. The number of nitrogens with one attached hydrogen (secondary N) is 2. The van der Waals surface area contributed by atoms with Gasteiger partial charge in [-0.1, -0.05) is 12.1 Å². The molecular formula is C22H18F4N6O2. The van der Waals surface area contributed by atoms with E-state index < -0.39 is 24.2 Å². The second-order valence-corrected chi connectivity index (χ2v) is 7.86. The number of alkyl halides is 3. The summed E-state index contributed by atoms with van der Waals surface area (Å²) in [5.41, 5.74) is 1.11. The van der Waals surface area contributed by atoms with Gasteiger partial charge in [-0.3, -0.25) is 9.48 Å². The van der Waals surface area contributed by atoms with Crippen LogP contribution >= 0.6 is 0 Å². The van der Waals surface area contributed by atoms with Crippen LogP contribution in [-0.4, -0.2) is 31.6 Å². The average Bonchev–Trinajstić information content (AvgIpc) is 3.55. The number of carbonyl (C=O) groups is 1. The minimum absolute atomic E-state index is 0.0446. The molecule has 3 aromatic heterocycles. The molecule has 0 aliphatic carbocycles. The Labute approximate surface area is 190 Å². The number of hydrogen-bond donors (Lipinski definition) is 2. The molecule has 0 saturated heterocycles. The van der Waals surface area contributed by atoms with Crippen LogP contribution in [-0.2, 0) is 6.54 Å². The molecule has 0 fully saturated rings. The van der Waals surface area contributed by atoms with Gasteiger partial charge in [0.15, 0.2) is 6.04 Å². The zero-order valence-corrected chi connectivity index (χ0v) is 17.5. The number of carbonyl (C=O) groups excluding carboxylic acids is 1. The summed E-state index contributed by atoms with van der Waals surface area (Å²) >= 11 is 0. The third-order valence-electron chi connectivity index (χ3n) is 5.52. The Morgan fingerprint density at radius 2 is 1.97 bits per heavy atom. The smallest absolute Gasteiger partial charge is 0.410 e. The highest BCUT2D eigenvalue weighted by atomic mass is 19.4. The predicted octanol–water partition coefficient (Wildman–Crippen LogP) is 4.77. The van der Waals surface area contributed by atoms with E-state index in [1.807, 2.05) is 0 Å². The van der Waals surface area contributed by atoms with Crippen molar-refractivity contribution in [1.29, 1.82) is 0 Å². The first kappa shape index (κ1) is 21.7. The van der Waals surface area contributed by atoms with Gasteiger partial charge in [-0.05, 0) is 29.8 Å². The number of amides is 1. The largest absolute Gasteiger partial charge is 0.467 e. The molecule has 0 saturated carbocycles. The second kappa shape index (κ2) is 8.36. The van der Waals surface area contributed by atoms with Gasteiger partial charge in [0.1, 0.15) is 23.0 Å². The minimum Gasteiger partial charge on any atom is -0.467 e.